The first kappa shape index (κ1) is 16.1. The highest BCUT2D eigenvalue weighted by atomic mass is 19.1. The molecular formula is C22H22FNO. The Morgan fingerprint density at radius 1 is 1.08 bits per heavy atom. The third-order valence-corrected chi connectivity index (χ3v) is 5.52. The van der Waals surface area contributed by atoms with Gasteiger partial charge < -0.3 is 4.90 Å². The lowest BCUT2D eigenvalue weighted by atomic mass is 9.95. The Hall–Kier alpha value is -2.42. The van der Waals surface area contributed by atoms with Gasteiger partial charge in [0.15, 0.2) is 0 Å². The summed E-state index contributed by atoms with van der Waals surface area (Å²) in [7, 11) is 1.89. The van der Waals surface area contributed by atoms with Gasteiger partial charge in [-0.3, -0.25) is 4.79 Å². The molecule has 0 aromatic heterocycles. The number of hydrogen-bond acceptors (Lipinski definition) is 1. The normalized spacial score (nSPS) is 16.2. The largest absolute Gasteiger partial charge is 0.339 e. The van der Waals surface area contributed by atoms with Gasteiger partial charge in [-0.05, 0) is 54.2 Å². The van der Waals surface area contributed by atoms with Crippen LogP contribution in [-0.4, -0.2) is 23.9 Å². The third-order valence-electron chi connectivity index (χ3n) is 5.52. The average molecular weight is 335 g/mol. The van der Waals surface area contributed by atoms with Crippen LogP contribution in [0.25, 0.3) is 17.2 Å². The number of fused-ring (bicyclic) bond motifs is 1. The van der Waals surface area contributed by atoms with Crippen LogP contribution in [0.3, 0.4) is 0 Å². The summed E-state index contributed by atoms with van der Waals surface area (Å²) in [5.74, 6) is -0.162. The van der Waals surface area contributed by atoms with Crippen molar-refractivity contribution >= 4 is 12.0 Å². The zero-order valence-electron chi connectivity index (χ0n) is 14.5. The van der Waals surface area contributed by atoms with Crippen molar-refractivity contribution in [2.24, 2.45) is 0 Å². The van der Waals surface area contributed by atoms with Crippen LogP contribution in [0, 0.1) is 5.82 Å². The average Bonchev–Trinajstić information content (AvgIpc) is 3.32. The third kappa shape index (κ3) is 2.88. The van der Waals surface area contributed by atoms with E-state index in [0.717, 1.165) is 36.0 Å². The van der Waals surface area contributed by atoms with Crippen LogP contribution in [0.4, 0.5) is 4.39 Å². The number of carbonyl (C=O) groups is 1. The van der Waals surface area contributed by atoms with Gasteiger partial charge in [0.1, 0.15) is 5.82 Å². The highest BCUT2D eigenvalue weighted by molar-refractivity contribution is 5.95. The summed E-state index contributed by atoms with van der Waals surface area (Å²) in [5.41, 5.74) is 4.23. The van der Waals surface area contributed by atoms with E-state index in [4.69, 9.17) is 0 Å². The smallest absolute Gasteiger partial charge is 0.253 e. The van der Waals surface area contributed by atoms with E-state index in [1.807, 2.05) is 48.4 Å². The fourth-order valence-electron chi connectivity index (χ4n) is 4.04. The number of benzene rings is 2. The van der Waals surface area contributed by atoms with E-state index in [1.165, 1.54) is 18.9 Å². The minimum atomic E-state index is -0.215. The van der Waals surface area contributed by atoms with Crippen LogP contribution < -0.4 is 0 Å². The van der Waals surface area contributed by atoms with Crippen molar-refractivity contribution in [1.29, 1.82) is 0 Å². The van der Waals surface area contributed by atoms with Gasteiger partial charge in [0.05, 0.1) is 0 Å². The number of halogens is 1. The predicted octanol–water partition coefficient (Wildman–Crippen LogP) is 5.08. The second-order valence-electron chi connectivity index (χ2n) is 7.03. The van der Waals surface area contributed by atoms with Crippen LogP contribution in [0.2, 0.25) is 0 Å². The van der Waals surface area contributed by atoms with E-state index < -0.39 is 0 Å². The van der Waals surface area contributed by atoms with E-state index in [2.05, 4.69) is 6.08 Å². The molecule has 0 radical (unpaired) electrons. The van der Waals surface area contributed by atoms with Gasteiger partial charge in [-0.2, -0.15) is 0 Å². The molecule has 3 heteroatoms. The fraction of sp³-hybridized carbons (Fsp3) is 0.318. The topological polar surface area (TPSA) is 20.3 Å². The van der Waals surface area contributed by atoms with Crippen molar-refractivity contribution in [2.45, 2.75) is 38.1 Å². The quantitative estimate of drug-likeness (QED) is 0.766. The molecule has 0 saturated heterocycles. The first-order valence-corrected chi connectivity index (χ1v) is 9.00. The Labute approximate surface area is 148 Å². The first-order chi connectivity index (χ1) is 12.1. The summed E-state index contributed by atoms with van der Waals surface area (Å²) < 4.78 is 14.4. The highest BCUT2D eigenvalue weighted by Gasteiger charge is 2.24. The Bertz CT molecular complexity index is 832. The molecule has 1 amide bonds. The summed E-state index contributed by atoms with van der Waals surface area (Å²) in [6, 6.07) is 11.1. The molecule has 0 unspecified atom stereocenters. The van der Waals surface area contributed by atoms with Gasteiger partial charge in [0, 0.05) is 24.2 Å². The molecule has 1 saturated carbocycles. The SMILES string of the molecule is CN(C(=O)c1ccc(-c2c(F)ccc3c2C=CC3)cc1)C1CCCC1. The van der Waals surface area contributed by atoms with E-state index in [0.29, 0.717) is 17.2 Å². The van der Waals surface area contributed by atoms with Crippen molar-refractivity contribution in [1.82, 2.24) is 4.90 Å². The molecule has 25 heavy (non-hydrogen) atoms. The second kappa shape index (κ2) is 6.47. The number of nitrogens with zero attached hydrogens (tertiary/aromatic N) is 1. The standard InChI is InChI=1S/C22H22FNO/c1-24(18-6-2-3-7-18)22(25)17-11-9-16(10-12-17)21-19-8-4-5-15(19)13-14-20(21)23/h4,8-14,18H,2-3,5-7H2,1H3. The number of amides is 1. The van der Waals surface area contributed by atoms with Crippen molar-refractivity contribution in [3.8, 4) is 11.1 Å². The van der Waals surface area contributed by atoms with E-state index in [-0.39, 0.29) is 11.7 Å². The maximum atomic E-state index is 14.4. The van der Waals surface area contributed by atoms with Gasteiger partial charge in [-0.1, -0.05) is 43.2 Å². The van der Waals surface area contributed by atoms with Gasteiger partial charge in [-0.15, -0.1) is 0 Å². The molecule has 0 N–H and O–H groups in total. The molecule has 2 aliphatic rings. The van der Waals surface area contributed by atoms with Crippen LogP contribution in [0.15, 0.2) is 42.5 Å². The molecule has 0 bridgehead atoms. The molecule has 2 aromatic carbocycles. The van der Waals surface area contributed by atoms with Gasteiger partial charge in [0.25, 0.3) is 5.91 Å². The molecule has 0 atom stereocenters. The monoisotopic (exact) mass is 335 g/mol. The molecule has 0 aliphatic heterocycles. The van der Waals surface area contributed by atoms with Gasteiger partial charge >= 0.3 is 0 Å². The minimum absolute atomic E-state index is 0.0529. The molecule has 2 aromatic rings. The number of rotatable bonds is 3. The van der Waals surface area contributed by atoms with E-state index in [9.17, 15) is 9.18 Å². The lowest BCUT2D eigenvalue weighted by molar-refractivity contribution is 0.0735. The number of hydrogen-bond donors (Lipinski definition) is 0. The van der Waals surface area contributed by atoms with Crippen molar-refractivity contribution < 1.29 is 9.18 Å². The minimum Gasteiger partial charge on any atom is -0.339 e. The molecular weight excluding hydrogens is 313 g/mol. The Morgan fingerprint density at radius 2 is 1.80 bits per heavy atom. The maximum absolute atomic E-state index is 14.4. The molecule has 4 rings (SSSR count). The number of carbonyl (C=O) groups excluding carboxylic acids is 1. The lowest BCUT2D eigenvalue weighted by Gasteiger charge is -2.24. The Balaban J connectivity index is 1.62. The lowest BCUT2D eigenvalue weighted by Crippen LogP contribution is -2.35. The fourth-order valence-corrected chi connectivity index (χ4v) is 4.04. The second-order valence-corrected chi connectivity index (χ2v) is 7.03. The Morgan fingerprint density at radius 3 is 2.52 bits per heavy atom. The summed E-state index contributed by atoms with van der Waals surface area (Å²) in [6.07, 6.45) is 9.48. The summed E-state index contributed by atoms with van der Waals surface area (Å²) >= 11 is 0. The Kier molecular flexibility index (Phi) is 4.16. The molecule has 0 heterocycles. The van der Waals surface area contributed by atoms with Gasteiger partial charge in [0.2, 0.25) is 0 Å². The van der Waals surface area contributed by atoms with Crippen LogP contribution in [-0.2, 0) is 6.42 Å². The van der Waals surface area contributed by atoms with E-state index >= 15 is 0 Å². The van der Waals surface area contributed by atoms with Crippen molar-refractivity contribution in [3.05, 3.63) is 65.0 Å². The molecule has 2 aliphatic carbocycles. The van der Waals surface area contributed by atoms with Crippen LogP contribution in [0.5, 0.6) is 0 Å². The van der Waals surface area contributed by atoms with E-state index in [1.54, 1.807) is 0 Å². The molecule has 2 nitrogen and oxygen atoms in total. The van der Waals surface area contributed by atoms with Gasteiger partial charge in [-0.25, -0.2) is 4.39 Å². The predicted molar refractivity (Wildman–Crippen MR) is 98.9 cm³/mol. The summed E-state index contributed by atoms with van der Waals surface area (Å²) in [4.78, 5) is 14.5. The molecule has 0 spiro atoms. The van der Waals surface area contributed by atoms with Crippen LogP contribution in [0.1, 0.15) is 47.2 Å². The zero-order valence-corrected chi connectivity index (χ0v) is 14.5. The van der Waals surface area contributed by atoms with Crippen LogP contribution >= 0.6 is 0 Å². The van der Waals surface area contributed by atoms with Crippen molar-refractivity contribution in [3.63, 3.8) is 0 Å². The summed E-state index contributed by atoms with van der Waals surface area (Å²) in [5, 5.41) is 0. The first-order valence-electron chi connectivity index (χ1n) is 9.00. The highest BCUT2D eigenvalue weighted by Crippen LogP contribution is 2.34. The zero-order chi connectivity index (χ0) is 17.4. The van der Waals surface area contributed by atoms with Crippen molar-refractivity contribution in [2.75, 3.05) is 7.05 Å². The maximum Gasteiger partial charge on any atom is 0.253 e. The number of allylic oxidation sites excluding steroid dienone is 1. The molecule has 128 valence electrons. The summed E-state index contributed by atoms with van der Waals surface area (Å²) in [6.45, 7) is 0. The molecule has 1 fully saturated rings.